The Bertz CT molecular complexity index is 761. The average molecular weight is 328 g/mol. The summed E-state index contributed by atoms with van der Waals surface area (Å²) in [5, 5.41) is 12.0. The van der Waals surface area contributed by atoms with E-state index in [1.165, 1.54) is 6.07 Å². The number of amides is 1. The van der Waals surface area contributed by atoms with Gasteiger partial charge in [0, 0.05) is 18.1 Å². The summed E-state index contributed by atoms with van der Waals surface area (Å²) in [5.74, 6) is -0.231. The summed E-state index contributed by atoms with van der Waals surface area (Å²) in [6.45, 7) is 2.17. The number of rotatable bonds is 5. The second-order valence-electron chi connectivity index (χ2n) is 4.47. The average Bonchev–Trinajstić information content (AvgIpc) is 3.01. The first kappa shape index (κ1) is 15.7. The topological polar surface area (TPSA) is 107 Å². The summed E-state index contributed by atoms with van der Waals surface area (Å²) in [6, 6.07) is 3.07. The van der Waals surface area contributed by atoms with Crippen LogP contribution in [-0.2, 0) is 30.0 Å². The van der Waals surface area contributed by atoms with E-state index < -0.39 is 10.0 Å². The Morgan fingerprint density at radius 1 is 1.48 bits per heavy atom. The Hall–Kier alpha value is -1.71. The Morgan fingerprint density at radius 2 is 2.19 bits per heavy atom. The number of carbonyl (C=O) groups is 1. The molecule has 2 heterocycles. The second kappa shape index (κ2) is 5.96. The van der Waals surface area contributed by atoms with Crippen molar-refractivity contribution in [2.45, 2.75) is 24.1 Å². The fourth-order valence-corrected chi connectivity index (χ4v) is 3.57. The molecule has 7 nitrogen and oxygen atoms in total. The van der Waals surface area contributed by atoms with E-state index in [-0.39, 0.29) is 16.7 Å². The van der Waals surface area contributed by atoms with Crippen LogP contribution < -0.4 is 10.5 Å². The monoisotopic (exact) mass is 328 g/mol. The predicted octanol–water partition coefficient (Wildman–Crippen LogP) is 0.621. The molecule has 0 aliphatic carbocycles. The number of hydrogen-bond donors (Lipinski definition) is 2. The first-order valence-corrected chi connectivity index (χ1v) is 8.59. The highest BCUT2D eigenvalue weighted by Gasteiger charge is 2.15. The van der Waals surface area contributed by atoms with Crippen molar-refractivity contribution in [3.8, 4) is 0 Å². The second-order valence-corrected chi connectivity index (χ2v) is 7.42. The number of primary sulfonamides is 1. The smallest absolute Gasteiger partial charge is 0.255 e. The lowest BCUT2D eigenvalue weighted by atomic mass is 10.2. The number of aryl methyl sites for hydroxylation is 2. The zero-order valence-electron chi connectivity index (χ0n) is 11.7. The molecule has 3 N–H and O–H groups in total. The lowest BCUT2D eigenvalue weighted by Crippen LogP contribution is -2.23. The maximum Gasteiger partial charge on any atom is 0.255 e. The highest BCUT2D eigenvalue weighted by atomic mass is 32.2. The summed E-state index contributed by atoms with van der Waals surface area (Å²) in [5.41, 5.74) is 1.26. The molecule has 0 atom stereocenters. The highest BCUT2D eigenvalue weighted by molar-refractivity contribution is 7.91. The van der Waals surface area contributed by atoms with Crippen molar-refractivity contribution in [3.05, 3.63) is 34.5 Å². The van der Waals surface area contributed by atoms with Crippen LogP contribution in [0.25, 0.3) is 0 Å². The molecule has 21 heavy (non-hydrogen) atoms. The number of nitrogens with one attached hydrogen (secondary N) is 1. The molecule has 0 bridgehead atoms. The molecule has 0 aliphatic heterocycles. The van der Waals surface area contributed by atoms with Crippen LogP contribution in [0.2, 0.25) is 0 Å². The van der Waals surface area contributed by atoms with Gasteiger partial charge in [-0.3, -0.25) is 9.48 Å². The summed E-state index contributed by atoms with van der Waals surface area (Å²) in [4.78, 5) is 12.8. The third-order valence-electron chi connectivity index (χ3n) is 2.83. The van der Waals surface area contributed by atoms with Gasteiger partial charge in [-0.1, -0.05) is 6.92 Å². The highest BCUT2D eigenvalue weighted by Crippen LogP contribution is 2.20. The van der Waals surface area contributed by atoms with Gasteiger partial charge in [-0.2, -0.15) is 5.10 Å². The summed E-state index contributed by atoms with van der Waals surface area (Å²) >= 11 is 1.04. The number of aromatic nitrogens is 2. The Kier molecular flexibility index (Phi) is 4.45. The van der Waals surface area contributed by atoms with Gasteiger partial charge in [-0.05, 0) is 18.6 Å². The molecule has 1 amide bonds. The molecule has 0 saturated heterocycles. The predicted molar refractivity (Wildman–Crippen MR) is 79.4 cm³/mol. The molecule has 0 aromatic carbocycles. The number of sulfonamides is 1. The normalized spacial score (nSPS) is 11.6. The first-order valence-electron chi connectivity index (χ1n) is 6.23. The van der Waals surface area contributed by atoms with E-state index in [0.29, 0.717) is 16.9 Å². The van der Waals surface area contributed by atoms with Gasteiger partial charge in [0.2, 0.25) is 10.0 Å². The van der Waals surface area contributed by atoms with Crippen LogP contribution >= 0.6 is 11.3 Å². The SMILES string of the molecule is CCc1nn(C)cc1C(=O)NCc1ccc(S(N)(=O)=O)s1. The van der Waals surface area contributed by atoms with Crippen LogP contribution in [0, 0.1) is 0 Å². The lowest BCUT2D eigenvalue weighted by molar-refractivity contribution is 0.0950. The van der Waals surface area contributed by atoms with Gasteiger partial charge in [0.1, 0.15) is 4.21 Å². The number of carbonyl (C=O) groups excluding carboxylic acids is 1. The van der Waals surface area contributed by atoms with E-state index in [4.69, 9.17) is 5.14 Å². The van der Waals surface area contributed by atoms with Crippen LogP contribution in [0.5, 0.6) is 0 Å². The maximum absolute atomic E-state index is 12.1. The molecule has 114 valence electrons. The van der Waals surface area contributed by atoms with Crippen LogP contribution in [0.3, 0.4) is 0 Å². The quantitative estimate of drug-likeness (QED) is 0.839. The van der Waals surface area contributed by atoms with Crippen LogP contribution in [0.15, 0.2) is 22.5 Å². The van der Waals surface area contributed by atoms with Crippen molar-refractivity contribution in [1.29, 1.82) is 0 Å². The summed E-state index contributed by atoms with van der Waals surface area (Å²) in [7, 11) is -1.93. The standard InChI is InChI=1S/C12H16N4O3S2/c1-3-10-9(7-16(2)15-10)12(17)14-6-8-4-5-11(20-8)21(13,18)19/h4-5,7H,3,6H2,1-2H3,(H,14,17)(H2,13,18,19). The number of nitrogens with two attached hydrogens (primary N) is 1. The zero-order valence-corrected chi connectivity index (χ0v) is 13.3. The van der Waals surface area contributed by atoms with E-state index in [9.17, 15) is 13.2 Å². The van der Waals surface area contributed by atoms with Crippen molar-refractivity contribution in [2.24, 2.45) is 12.2 Å². The van der Waals surface area contributed by atoms with Crippen LogP contribution in [0.4, 0.5) is 0 Å². The molecule has 2 aromatic heterocycles. The molecule has 0 saturated carbocycles. The third-order valence-corrected chi connectivity index (χ3v) is 5.35. The van der Waals surface area contributed by atoms with Crippen molar-refractivity contribution in [1.82, 2.24) is 15.1 Å². The number of thiophene rings is 1. The Labute approximate surface area is 126 Å². The van der Waals surface area contributed by atoms with E-state index in [0.717, 1.165) is 17.0 Å². The molecule has 2 aromatic rings. The molecular weight excluding hydrogens is 312 g/mol. The largest absolute Gasteiger partial charge is 0.347 e. The van der Waals surface area contributed by atoms with Crippen LogP contribution in [0.1, 0.15) is 27.9 Å². The molecule has 2 rings (SSSR count). The van der Waals surface area contributed by atoms with Crippen LogP contribution in [-0.4, -0.2) is 24.1 Å². The molecule has 0 radical (unpaired) electrons. The summed E-state index contributed by atoms with van der Waals surface area (Å²) in [6.07, 6.45) is 2.33. The maximum atomic E-state index is 12.1. The van der Waals surface area contributed by atoms with E-state index in [1.54, 1.807) is 24.0 Å². The Balaban J connectivity index is 2.06. The van der Waals surface area contributed by atoms with Gasteiger partial charge in [-0.15, -0.1) is 11.3 Å². The molecule has 0 spiro atoms. The van der Waals surface area contributed by atoms with Gasteiger partial charge in [0.15, 0.2) is 0 Å². The van der Waals surface area contributed by atoms with Gasteiger partial charge >= 0.3 is 0 Å². The molecule has 0 aliphatic rings. The summed E-state index contributed by atoms with van der Waals surface area (Å²) < 4.78 is 24.0. The number of nitrogens with zero attached hydrogens (tertiary/aromatic N) is 2. The Morgan fingerprint density at radius 3 is 2.76 bits per heavy atom. The fourth-order valence-electron chi connectivity index (χ4n) is 1.85. The molecule has 9 heteroatoms. The van der Waals surface area contributed by atoms with Crippen molar-refractivity contribution >= 4 is 27.3 Å². The van der Waals surface area contributed by atoms with Gasteiger partial charge in [0.05, 0.1) is 17.8 Å². The lowest BCUT2D eigenvalue weighted by Gasteiger charge is -2.02. The van der Waals surface area contributed by atoms with Crippen molar-refractivity contribution < 1.29 is 13.2 Å². The third kappa shape index (κ3) is 3.69. The minimum atomic E-state index is -3.69. The van der Waals surface area contributed by atoms with Crippen molar-refractivity contribution in [3.63, 3.8) is 0 Å². The first-order chi connectivity index (χ1) is 9.81. The van der Waals surface area contributed by atoms with E-state index in [1.807, 2.05) is 6.92 Å². The number of hydrogen-bond acceptors (Lipinski definition) is 5. The fraction of sp³-hybridized carbons (Fsp3) is 0.333. The molecule has 0 fully saturated rings. The van der Waals surface area contributed by atoms with E-state index >= 15 is 0 Å². The zero-order chi connectivity index (χ0) is 15.6. The minimum absolute atomic E-state index is 0.0855. The van der Waals surface area contributed by atoms with E-state index in [2.05, 4.69) is 10.4 Å². The van der Waals surface area contributed by atoms with Gasteiger partial charge in [0.25, 0.3) is 5.91 Å². The van der Waals surface area contributed by atoms with Gasteiger partial charge in [-0.25, -0.2) is 13.6 Å². The molecular formula is C12H16N4O3S2. The molecule has 0 unspecified atom stereocenters. The minimum Gasteiger partial charge on any atom is -0.347 e. The van der Waals surface area contributed by atoms with Crippen molar-refractivity contribution in [2.75, 3.05) is 0 Å². The van der Waals surface area contributed by atoms with Gasteiger partial charge < -0.3 is 5.32 Å².